The van der Waals surface area contributed by atoms with E-state index in [0.29, 0.717) is 0 Å². The van der Waals surface area contributed by atoms with Crippen LogP contribution in [0.25, 0.3) is 11.1 Å². The molecule has 0 unspecified atom stereocenters. The fraction of sp³-hybridized carbons (Fsp3) is 0.0833. The van der Waals surface area contributed by atoms with E-state index in [0.717, 1.165) is 11.1 Å². The summed E-state index contributed by atoms with van der Waals surface area (Å²) in [7, 11) is 0. The van der Waals surface area contributed by atoms with Crippen molar-refractivity contribution in [2.75, 3.05) is 0 Å². The molecule has 0 saturated carbocycles. The number of hydrogen-bond acceptors (Lipinski definition) is 1. The standard InChI is InChI=1S/C12H11BF3N2.K/c1-10(13(14,15)16)8-18-9-12(7-17-18)11-5-3-2-4-6-11;/h2-7,9H,1,8H2;/q-1;+1. The van der Waals surface area contributed by atoms with Gasteiger partial charge in [0.05, 0.1) is 6.20 Å². The molecule has 94 valence electrons. The Morgan fingerprint density at radius 1 is 1.16 bits per heavy atom. The van der Waals surface area contributed by atoms with E-state index in [1.54, 1.807) is 12.4 Å². The molecule has 0 radical (unpaired) electrons. The summed E-state index contributed by atoms with van der Waals surface area (Å²) in [5.74, 6) is 0. The van der Waals surface area contributed by atoms with Gasteiger partial charge >= 0.3 is 58.4 Å². The quantitative estimate of drug-likeness (QED) is 0.750. The van der Waals surface area contributed by atoms with Gasteiger partial charge < -0.3 is 12.9 Å². The van der Waals surface area contributed by atoms with Crippen molar-refractivity contribution in [3.63, 3.8) is 0 Å². The Morgan fingerprint density at radius 2 is 1.79 bits per heavy atom. The summed E-state index contributed by atoms with van der Waals surface area (Å²) >= 11 is 0. The first-order valence-corrected chi connectivity index (χ1v) is 5.42. The van der Waals surface area contributed by atoms with Crippen molar-refractivity contribution in [2.45, 2.75) is 6.54 Å². The van der Waals surface area contributed by atoms with Gasteiger partial charge in [0.2, 0.25) is 0 Å². The second-order valence-electron chi connectivity index (χ2n) is 4.03. The SMILES string of the molecule is C=C(Cn1cc(-c2ccccc2)cn1)[B-](F)(F)F.[K+]. The summed E-state index contributed by atoms with van der Waals surface area (Å²) in [6, 6.07) is 9.37. The number of benzene rings is 1. The molecule has 2 rings (SSSR count). The molecule has 0 fully saturated rings. The first-order valence-electron chi connectivity index (χ1n) is 5.42. The van der Waals surface area contributed by atoms with Crippen LogP contribution in [0.5, 0.6) is 0 Å². The predicted octanol–water partition coefficient (Wildman–Crippen LogP) is 0.497. The fourth-order valence-corrected chi connectivity index (χ4v) is 1.54. The summed E-state index contributed by atoms with van der Waals surface area (Å²) in [4.78, 5) is 0. The third kappa shape index (κ3) is 4.61. The third-order valence-corrected chi connectivity index (χ3v) is 2.57. The summed E-state index contributed by atoms with van der Waals surface area (Å²) in [6.07, 6.45) is 3.13. The summed E-state index contributed by atoms with van der Waals surface area (Å²) < 4.78 is 38.4. The van der Waals surface area contributed by atoms with Crippen LogP contribution in [0.1, 0.15) is 0 Å². The second kappa shape index (κ2) is 6.90. The summed E-state index contributed by atoms with van der Waals surface area (Å²) in [5.41, 5.74) is 0.961. The van der Waals surface area contributed by atoms with E-state index in [1.807, 2.05) is 30.3 Å². The summed E-state index contributed by atoms with van der Waals surface area (Å²) in [5, 5.41) is 3.91. The van der Waals surface area contributed by atoms with Crippen molar-refractivity contribution in [3.8, 4) is 11.1 Å². The van der Waals surface area contributed by atoms with Crippen molar-refractivity contribution in [1.29, 1.82) is 0 Å². The Hall–Kier alpha value is -0.339. The van der Waals surface area contributed by atoms with Gasteiger partial charge in [-0.15, -0.1) is 12.1 Å². The van der Waals surface area contributed by atoms with Gasteiger partial charge in [-0.25, -0.2) is 0 Å². The first-order chi connectivity index (χ1) is 8.47. The van der Waals surface area contributed by atoms with Crippen LogP contribution in [0.3, 0.4) is 0 Å². The molecule has 1 aromatic heterocycles. The molecule has 0 saturated heterocycles. The van der Waals surface area contributed by atoms with Gasteiger partial charge in [0.1, 0.15) is 0 Å². The zero-order valence-corrected chi connectivity index (χ0v) is 13.7. The molecule has 0 spiro atoms. The molecular weight excluding hydrogens is 279 g/mol. The van der Waals surface area contributed by atoms with Crippen LogP contribution in [0.15, 0.2) is 54.8 Å². The maximum absolute atomic E-state index is 12.4. The molecule has 0 aliphatic rings. The topological polar surface area (TPSA) is 17.8 Å². The van der Waals surface area contributed by atoms with E-state index < -0.39 is 12.4 Å². The molecule has 0 amide bonds. The van der Waals surface area contributed by atoms with Crippen LogP contribution in [-0.4, -0.2) is 16.8 Å². The molecule has 0 atom stereocenters. The Kier molecular flexibility index (Phi) is 6.07. The van der Waals surface area contributed by atoms with Gasteiger partial charge in [0.15, 0.2) is 0 Å². The van der Waals surface area contributed by atoms with Crippen molar-refractivity contribution in [2.24, 2.45) is 0 Å². The van der Waals surface area contributed by atoms with E-state index in [1.165, 1.54) is 4.68 Å². The maximum Gasteiger partial charge on any atom is 1.00 e. The molecule has 2 aromatic rings. The zero-order valence-electron chi connectivity index (χ0n) is 10.6. The van der Waals surface area contributed by atoms with E-state index in [2.05, 4.69) is 11.7 Å². The predicted molar refractivity (Wildman–Crippen MR) is 65.9 cm³/mol. The molecule has 0 N–H and O–H groups in total. The summed E-state index contributed by atoms with van der Waals surface area (Å²) in [6.45, 7) is -2.28. The van der Waals surface area contributed by atoms with Gasteiger partial charge in [-0.2, -0.15) is 5.10 Å². The van der Waals surface area contributed by atoms with E-state index in [4.69, 9.17) is 0 Å². The molecule has 19 heavy (non-hydrogen) atoms. The Labute approximate surface area is 152 Å². The van der Waals surface area contributed by atoms with Crippen molar-refractivity contribution in [3.05, 3.63) is 54.8 Å². The second-order valence-corrected chi connectivity index (χ2v) is 4.03. The fourth-order valence-electron chi connectivity index (χ4n) is 1.54. The van der Waals surface area contributed by atoms with Crippen molar-refractivity contribution < 1.29 is 64.3 Å². The minimum Gasteiger partial charge on any atom is -0.445 e. The molecule has 0 bridgehead atoms. The largest absolute Gasteiger partial charge is 1.00 e. The number of hydrogen-bond donors (Lipinski definition) is 0. The van der Waals surface area contributed by atoms with Crippen molar-refractivity contribution >= 4 is 6.98 Å². The van der Waals surface area contributed by atoms with E-state index in [9.17, 15) is 12.9 Å². The van der Waals surface area contributed by atoms with Crippen LogP contribution < -0.4 is 51.4 Å². The third-order valence-electron chi connectivity index (χ3n) is 2.57. The molecule has 0 aliphatic heterocycles. The minimum atomic E-state index is -5.00. The Balaban J connectivity index is 0.00000180. The van der Waals surface area contributed by atoms with Crippen LogP contribution in [0.4, 0.5) is 12.9 Å². The molecule has 2 nitrogen and oxygen atoms in total. The smallest absolute Gasteiger partial charge is 0.445 e. The van der Waals surface area contributed by atoms with Crippen LogP contribution in [0, 0.1) is 0 Å². The first kappa shape index (κ1) is 16.7. The number of rotatable bonds is 4. The average molecular weight is 290 g/mol. The minimum absolute atomic E-state index is 0. The van der Waals surface area contributed by atoms with Gasteiger partial charge in [0, 0.05) is 18.3 Å². The molecule has 1 heterocycles. The van der Waals surface area contributed by atoms with Gasteiger partial charge in [-0.3, -0.25) is 4.68 Å². The van der Waals surface area contributed by atoms with Gasteiger partial charge in [-0.05, 0) is 5.56 Å². The van der Waals surface area contributed by atoms with Crippen molar-refractivity contribution in [1.82, 2.24) is 9.78 Å². The molecule has 0 aliphatic carbocycles. The number of nitrogens with zero attached hydrogens (tertiary/aromatic N) is 2. The monoisotopic (exact) mass is 290 g/mol. The van der Waals surface area contributed by atoms with Crippen LogP contribution in [-0.2, 0) is 6.54 Å². The number of allylic oxidation sites excluding steroid dienone is 1. The number of halogens is 3. The number of aromatic nitrogens is 2. The van der Waals surface area contributed by atoms with Crippen LogP contribution in [0.2, 0.25) is 0 Å². The normalized spacial score (nSPS) is 10.9. The Bertz CT molecular complexity index is 552. The van der Waals surface area contributed by atoms with Gasteiger partial charge in [-0.1, -0.05) is 30.3 Å². The maximum atomic E-state index is 12.4. The van der Waals surface area contributed by atoms with E-state index in [-0.39, 0.29) is 57.9 Å². The van der Waals surface area contributed by atoms with E-state index >= 15 is 0 Å². The van der Waals surface area contributed by atoms with Gasteiger partial charge in [0.25, 0.3) is 0 Å². The Morgan fingerprint density at radius 3 is 2.37 bits per heavy atom. The zero-order chi connectivity index (χ0) is 13.2. The average Bonchev–Trinajstić information content (AvgIpc) is 2.77. The molecule has 1 aromatic carbocycles. The molecular formula is C12H11BF3KN2. The van der Waals surface area contributed by atoms with Crippen LogP contribution >= 0.6 is 0 Å². The molecule has 7 heteroatoms.